The SMILES string of the molecule is CCNC(=O)[C@H](C)N(C)Cc1cccc(OC)c1OC. The van der Waals surface area contributed by atoms with E-state index in [2.05, 4.69) is 5.32 Å². The number of nitrogens with one attached hydrogen (secondary N) is 1. The molecule has 0 saturated heterocycles. The Morgan fingerprint density at radius 1 is 1.35 bits per heavy atom. The van der Waals surface area contributed by atoms with Crippen molar-refractivity contribution in [2.24, 2.45) is 0 Å². The normalized spacial score (nSPS) is 12.1. The van der Waals surface area contributed by atoms with E-state index in [4.69, 9.17) is 9.47 Å². The molecule has 1 N–H and O–H groups in total. The molecule has 0 aliphatic rings. The van der Waals surface area contributed by atoms with Crippen LogP contribution in [0.1, 0.15) is 19.4 Å². The van der Waals surface area contributed by atoms with Crippen LogP contribution in [-0.4, -0.2) is 44.7 Å². The number of likely N-dealkylation sites (N-methyl/N-ethyl adjacent to an activating group) is 2. The zero-order valence-corrected chi connectivity index (χ0v) is 12.9. The lowest BCUT2D eigenvalue weighted by Crippen LogP contribution is -2.42. The molecular formula is C15H24N2O3. The first-order valence-electron chi connectivity index (χ1n) is 6.72. The molecule has 0 bridgehead atoms. The molecule has 0 aliphatic heterocycles. The van der Waals surface area contributed by atoms with E-state index in [1.807, 2.05) is 44.0 Å². The summed E-state index contributed by atoms with van der Waals surface area (Å²) in [5, 5.41) is 2.83. The van der Waals surface area contributed by atoms with Crippen LogP contribution in [0.2, 0.25) is 0 Å². The molecule has 0 radical (unpaired) electrons. The van der Waals surface area contributed by atoms with Crippen molar-refractivity contribution in [1.29, 1.82) is 0 Å². The molecule has 20 heavy (non-hydrogen) atoms. The van der Waals surface area contributed by atoms with Crippen LogP contribution in [0.5, 0.6) is 11.5 Å². The minimum Gasteiger partial charge on any atom is -0.493 e. The molecule has 5 heteroatoms. The van der Waals surface area contributed by atoms with E-state index in [-0.39, 0.29) is 11.9 Å². The van der Waals surface area contributed by atoms with Crippen molar-refractivity contribution in [2.75, 3.05) is 27.8 Å². The lowest BCUT2D eigenvalue weighted by molar-refractivity contribution is -0.125. The number of carbonyl (C=O) groups excluding carboxylic acids is 1. The highest BCUT2D eigenvalue weighted by atomic mass is 16.5. The van der Waals surface area contributed by atoms with Gasteiger partial charge in [-0.3, -0.25) is 9.69 Å². The third-order valence-corrected chi connectivity index (χ3v) is 3.30. The first-order chi connectivity index (χ1) is 9.54. The Kier molecular flexibility index (Phi) is 6.31. The van der Waals surface area contributed by atoms with Crippen LogP contribution in [0, 0.1) is 0 Å². The Labute approximate surface area is 120 Å². The number of hydrogen-bond donors (Lipinski definition) is 1. The molecular weight excluding hydrogens is 256 g/mol. The topological polar surface area (TPSA) is 50.8 Å². The van der Waals surface area contributed by atoms with E-state index in [0.717, 1.165) is 5.56 Å². The van der Waals surface area contributed by atoms with Crippen molar-refractivity contribution in [3.05, 3.63) is 23.8 Å². The molecule has 1 amide bonds. The summed E-state index contributed by atoms with van der Waals surface area (Å²) in [6, 6.07) is 5.55. The summed E-state index contributed by atoms with van der Waals surface area (Å²) in [7, 11) is 5.15. The second-order valence-corrected chi connectivity index (χ2v) is 4.64. The molecule has 0 unspecified atom stereocenters. The number of amides is 1. The summed E-state index contributed by atoms with van der Waals surface area (Å²) in [6.07, 6.45) is 0. The molecule has 0 fully saturated rings. The minimum absolute atomic E-state index is 0.0249. The van der Waals surface area contributed by atoms with Crippen molar-refractivity contribution >= 4 is 5.91 Å². The first kappa shape index (κ1) is 16.3. The number of para-hydroxylation sites is 1. The maximum atomic E-state index is 11.8. The molecule has 1 aromatic rings. The van der Waals surface area contributed by atoms with Crippen molar-refractivity contribution < 1.29 is 14.3 Å². The molecule has 0 spiro atoms. The van der Waals surface area contributed by atoms with Crippen LogP contribution < -0.4 is 14.8 Å². The Hall–Kier alpha value is -1.75. The quantitative estimate of drug-likeness (QED) is 0.825. The Bertz CT molecular complexity index is 449. The highest BCUT2D eigenvalue weighted by Crippen LogP contribution is 2.31. The molecule has 0 aromatic heterocycles. The van der Waals surface area contributed by atoms with Crippen molar-refractivity contribution in [2.45, 2.75) is 26.4 Å². The zero-order valence-electron chi connectivity index (χ0n) is 12.9. The average Bonchev–Trinajstić information content (AvgIpc) is 2.46. The minimum atomic E-state index is -0.203. The summed E-state index contributed by atoms with van der Waals surface area (Å²) in [6.45, 7) is 5.05. The fourth-order valence-electron chi connectivity index (χ4n) is 2.01. The van der Waals surface area contributed by atoms with E-state index in [9.17, 15) is 4.79 Å². The van der Waals surface area contributed by atoms with Crippen molar-refractivity contribution in [3.63, 3.8) is 0 Å². The molecule has 112 valence electrons. The van der Waals surface area contributed by atoms with Crippen LogP contribution in [0.4, 0.5) is 0 Å². The van der Waals surface area contributed by atoms with Gasteiger partial charge in [0.2, 0.25) is 5.91 Å². The molecule has 1 atom stereocenters. The first-order valence-corrected chi connectivity index (χ1v) is 6.72. The maximum Gasteiger partial charge on any atom is 0.237 e. The largest absolute Gasteiger partial charge is 0.493 e. The Morgan fingerprint density at radius 2 is 2.05 bits per heavy atom. The summed E-state index contributed by atoms with van der Waals surface area (Å²) < 4.78 is 10.7. The monoisotopic (exact) mass is 280 g/mol. The van der Waals surface area contributed by atoms with E-state index in [1.165, 1.54) is 0 Å². The number of nitrogens with zero attached hydrogens (tertiary/aromatic N) is 1. The van der Waals surface area contributed by atoms with E-state index >= 15 is 0 Å². The van der Waals surface area contributed by atoms with Gasteiger partial charge >= 0.3 is 0 Å². The highest BCUT2D eigenvalue weighted by molar-refractivity contribution is 5.81. The highest BCUT2D eigenvalue weighted by Gasteiger charge is 2.19. The Morgan fingerprint density at radius 3 is 2.60 bits per heavy atom. The predicted octanol–water partition coefficient (Wildman–Crippen LogP) is 1.66. The molecule has 1 aromatic carbocycles. The van der Waals surface area contributed by atoms with Gasteiger partial charge in [-0.05, 0) is 27.0 Å². The van der Waals surface area contributed by atoms with Gasteiger partial charge in [-0.15, -0.1) is 0 Å². The van der Waals surface area contributed by atoms with E-state index in [1.54, 1.807) is 14.2 Å². The van der Waals surface area contributed by atoms with Gasteiger partial charge < -0.3 is 14.8 Å². The van der Waals surface area contributed by atoms with Crippen LogP contribution in [0.15, 0.2) is 18.2 Å². The van der Waals surface area contributed by atoms with Gasteiger partial charge in [0.15, 0.2) is 11.5 Å². The summed E-state index contributed by atoms with van der Waals surface area (Å²) in [5.41, 5.74) is 0.991. The second-order valence-electron chi connectivity index (χ2n) is 4.64. The van der Waals surface area contributed by atoms with Crippen molar-refractivity contribution in [3.8, 4) is 11.5 Å². The molecule has 0 aliphatic carbocycles. The number of ether oxygens (including phenoxy) is 2. The van der Waals surface area contributed by atoms with Gasteiger partial charge in [0, 0.05) is 18.7 Å². The Balaban J connectivity index is 2.85. The lowest BCUT2D eigenvalue weighted by atomic mass is 10.1. The fraction of sp³-hybridized carbons (Fsp3) is 0.533. The van der Waals surface area contributed by atoms with Gasteiger partial charge in [-0.2, -0.15) is 0 Å². The number of carbonyl (C=O) groups is 1. The van der Waals surface area contributed by atoms with Gasteiger partial charge in [0.25, 0.3) is 0 Å². The number of methoxy groups -OCH3 is 2. The second kappa shape index (κ2) is 7.75. The molecule has 1 rings (SSSR count). The average molecular weight is 280 g/mol. The smallest absolute Gasteiger partial charge is 0.237 e. The van der Waals surface area contributed by atoms with Gasteiger partial charge in [0.05, 0.1) is 20.3 Å². The fourth-order valence-corrected chi connectivity index (χ4v) is 2.01. The van der Waals surface area contributed by atoms with Gasteiger partial charge in [-0.1, -0.05) is 12.1 Å². The predicted molar refractivity (Wildman–Crippen MR) is 79.2 cm³/mol. The maximum absolute atomic E-state index is 11.8. The lowest BCUT2D eigenvalue weighted by Gasteiger charge is -2.24. The third-order valence-electron chi connectivity index (χ3n) is 3.30. The van der Waals surface area contributed by atoms with Crippen LogP contribution in [0.3, 0.4) is 0 Å². The number of hydrogen-bond acceptors (Lipinski definition) is 4. The summed E-state index contributed by atoms with van der Waals surface area (Å²) in [5.74, 6) is 1.44. The summed E-state index contributed by atoms with van der Waals surface area (Å²) in [4.78, 5) is 13.8. The molecule has 0 heterocycles. The van der Waals surface area contributed by atoms with Crippen molar-refractivity contribution in [1.82, 2.24) is 10.2 Å². The third kappa shape index (κ3) is 3.87. The number of rotatable bonds is 7. The summed E-state index contributed by atoms with van der Waals surface area (Å²) >= 11 is 0. The molecule has 0 saturated carbocycles. The van der Waals surface area contributed by atoms with E-state index in [0.29, 0.717) is 24.6 Å². The molecule has 5 nitrogen and oxygen atoms in total. The standard InChI is InChI=1S/C15H24N2O3/c1-6-16-15(18)11(2)17(3)10-12-8-7-9-13(19-4)14(12)20-5/h7-9,11H,6,10H2,1-5H3,(H,16,18)/t11-/m0/s1. The van der Waals surface area contributed by atoms with Gasteiger partial charge in [-0.25, -0.2) is 0 Å². The van der Waals surface area contributed by atoms with Crippen LogP contribution in [-0.2, 0) is 11.3 Å². The van der Waals surface area contributed by atoms with E-state index < -0.39 is 0 Å². The van der Waals surface area contributed by atoms with Gasteiger partial charge in [0.1, 0.15) is 0 Å². The van der Waals surface area contributed by atoms with Crippen LogP contribution in [0.25, 0.3) is 0 Å². The number of benzene rings is 1. The van der Waals surface area contributed by atoms with Crippen LogP contribution >= 0.6 is 0 Å². The zero-order chi connectivity index (χ0) is 15.1.